The molecular weight excluding hydrogens is 324 g/mol. The van der Waals surface area contributed by atoms with E-state index >= 15 is 0 Å². The van der Waals surface area contributed by atoms with Gasteiger partial charge in [0.05, 0.1) is 11.9 Å². The Labute approximate surface area is 127 Å². The lowest BCUT2D eigenvalue weighted by atomic mass is 10.3. The summed E-state index contributed by atoms with van der Waals surface area (Å²) < 4.78 is 5.03. The molecule has 0 aliphatic carbocycles. The molecule has 2 N–H and O–H groups in total. The predicted octanol–water partition coefficient (Wildman–Crippen LogP) is 2.31. The normalized spacial score (nSPS) is 11.6. The SMILES string of the molecule is CC[C@@H](Br)C(=O)NCCC(=O)Nc1ccc(OC)cc1. The molecule has 1 rings (SSSR count). The number of rotatable bonds is 7. The summed E-state index contributed by atoms with van der Waals surface area (Å²) in [7, 11) is 1.59. The molecule has 0 aliphatic rings. The van der Waals surface area contributed by atoms with Crippen molar-refractivity contribution in [1.82, 2.24) is 5.32 Å². The Hall–Kier alpha value is -1.56. The van der Waals surface area contributed by atoms with Gasteiger partial charge in [0.2, 0.25) is 11.8 Å². The third kappa shape index (κ3) is 5.61. The Balaban J connectivity index is 2.31. The molecule has 0 unspecified atom stereocenters. The summed E-state index contributed by atoms with van der Waals surface area (Å²) in [5, 5.41) is 5.45. The van der Waals surface area contributed by atoms with Gasteiger partial charge in [-0.15, -0.1) is 0 Å². The van der Waals surface area contributed by atoms with Crippen LogP contribution in [0.3, 0.4) is 0 Å². The minimum atomic E-state index is -0.202. The van der Waals surface area contributed by atoms with Crippen LogP contribution in [0.4, 0.5) is 5.69 Å². The van der Waals surface area contributed by atoms with Crippen molar-refractivity contribution >= 4 is 33.4 Å². The minimum Gasteiger partial charge on any atom is -0.497 e. The second-order valence-corrected chi connectivity index (χ2v) is 5.30. The number of carbonyl (C=O) groups excluding carboxylic acids is 2. The zero-order valence-corrected chi connectivity index (χ0v) is 13.2. The van der Waals surface area contributed by atoms with Crippen LogP contribution in [0.15, 0.2) is 24.3 Å². The van der Waals surface area contributed by atoms with E-state index in [1.165, 1.54) is 0 Å². The zero-order chi connectivity index (χ0) is 15.0. The molecule has 0 bridgehead atoms. The molecule has 0 fully saturated rings. The fraction of sp³-hybridized carbons (Fsp3) is 0.429. The van der Waals surface area contributed by atoms with Crippen molar-refractivity contribution in [2.75, 3.05) is 19.0 Å². The number of ether oxygens (including phenoxy) is 1. The fourth-order valence-electron chi connectivity index (χ4n) is 1.49. The molecule has 0 saturated carbocycles. The monoisotopic (exact) mass is 342 g/mol. The van der Waals surface area contributed by atoms with Crippen molar-refractivity contribution in [3.63, 3.8) is 0 Å². The second kappa shape index (κ2) is 8.58. The average Bonchev–Trinajstić information content (AvgIpc) is 2.47. The van der Waals surface area contributed by atoms with E-state index in [4.69, 9.17) is 4.74 Å². The van der Waals surface area contributed by atoms with Crippen LogP contribution in [0.2, 0.25) is 0 Å². The highest BCUT2D eigenvalue weighted by Gasteiger charge is 2.11. The number of halogens is 1. The molecule has 1 aromatic carbocycles. The number of carbonyl (C=O) groups is 2. The summed E-state index contributed by atoms with van der Waals surface area (Å²) in [5.41, 5.74) is 0.703. The summed E-state index contributed by atoms with van der Waals surface area (Å²) >= 11 is 3.25. The molecule has 0 radical (unpaired) electrons. The highest BCUT2D eigenvalue weighted by molar-refractivity contribution is 9.10. The largest absolute Gasteiger partial charge is 0.497 e. The van der Waals surface area contributed by atoms with Gasteiger partial charge < -0.3 is 15.4 Å². The van der Waals surface area contributed by atoms with E-state index in [2.05, 4.69) is 26.6 Å². The number of benzene rings is 1. The number of alkyl halides is 1. The minimum absolute atomic E-state index is 0.0928. The zero-order valence-electron chi connectivity index (χ0n) is 11.6. The number of hydrogen-bond donors (Lipinski definition) is 2. The lowest BCUT2D eigenvalue weighted by Crippen LogP contribution is -2.33. The first kappa shape index (κ1) is 16.5. The van der Waals surface area contributed by atoms with Crippen LogP contribution in [0.25, 0.3) is 0 Å². The molecule has 1 atom stereocenters. The standard InChI is InChI=1S/C14H19BrN2O3/c1-3-12(15)14(19)16-9-8-13(18)17-10-4-6-11(20-2)7-5-10/h4-7,12H,3,8-9H2,1-2H3,(H,16,19)(H,17,18)/t12-/m1/s1. The summed E-state index contributed by atoms with van der Waals surface area (Å²) in [5.74, 6) is 0.501. The van der Waals surface area contributed by atoms with Gasteiger partial charge in [0.1, 0.15) is 5.75 Å². The van der Waals surface area contributed by atoms with Gasteiger partial charge in [-0.2, -0.15) is 0 Å². The molecule has 5 nitrogen and oxygen atoms in total. The highest BCUT2D eigenvalue weighted by Crippen LogP contribution is 2.14. The van der Waals surface area contributed by atoms with Gasteiger partial charge in [-0.3, -0.25) is 9.59 Å². The van der Waals surface area contributed by atoms with Crippen molar-refractivity contribution in [2.45, 2.75) is 24.6 Å². The molecule has 0 saturated heterocycles. The fourth-order valence-corrected chi connectivity index (χ4v) is 1.66. The average molecular weight is 343 g/mol. The van der Waals surface area contributed by atoms with Crippen molar-refractivity contribution in [3.8, 4) is 5.75 Å². The number of amides is 2. The van der Waals surface area contributed by atoms with Crippen molar-refractivity contribution < 1.29 is 14.3 Å². The second-order valence-electron chi connectivity index (χ2n) is 4.19. The van der Waals surface area contributed by atoms with Crippen molar-refractivity contribution in [3.05, 3.63) is 24.3 Å². The number of methoxy groups -OCH3 is 1. The van der Waals surface area contributed by atoms with Gasteiger partial charge in [-0.25, -0.2) is 0 Å². The van der Waals surface area contributed by atoms with Crippen LogP contribution in [0.5, 0.6) is 5.75 Å². The molecule has 6 heteroatoms. The van der Waals surface area contributed by atoms with Crippen LogP contribution in [0.1, 0.15) is 19.8 Å². The van der Waals surface area contributed by atoms with Crippen LogP contribution in [-0.2, 0) is 9.59 Å². The first-order chi connectivity index (χ1) is 9.56. The van der Waals surface area contributed by atoms with Gasteiger partial charge >= 0.3 is 0 Å². The Morgan fingerprint density at radius 2 is 1.95 bits per heavy atom. The van der Waals surface area contributed by atoms with E-state index in [1.807, 2.05) is 6.92 Å². The Bertz CT molecular complexity index is 448. The summed E-state index contributed by atoms with van der Waals surface area (Å²) in [6.07, 6.45) is 0.949. The summed E-state index contributed by atoms with van der Waals surface area (Å²) in [6, 6.07) is 7.07. The number of hydrogen-bond acceptors (Lipinski definition) is 3. The van der Waals surface area contributed by atoms with Crippen LogP contribution in [0, 0.1) is 0 Å². The number of nitrogens with one attached hydrogen (secondary N) is 2. The molecule has 0 spiro atoms. The first-order valence-corrected chi connectivity index (χ1v) is 7.34. The van der Waals surface area contributed by atoms with E-state index in [9.17, 15) is 9.59 Å². The van der Waals surface area contributed by atoms with Crippen LogP contribution in [-0.4, -0.2) is 30.3 Å². The van der Waals surface area contributed by atoms with E-state index < -0.39 is 0 Å². The van der Waals surface area contributed by atoms with Gasteiger partial charge in [0.15, 0.2) is 0 Å². The third-order valence-corrected chi connectivity index (χ3v) is 3.73. The smallest absolute Gasteiger partial charge is 0.233 e. The predicted molar refractivity (Wildman–Crippen MR) is 82.3 cm³/mol. The lowest BCUT2D eigenvalue weighted by Gasteiger charge is -2.09. The maximum atomic E-state index is 11.7. The van der Waals surface area contributed by atoms with Gasteiger partial charge in [0.25, 0.3) is 0 Å². The maximum Gasteiger partial charge on any atom is 0.233 e. The first-order valence-electron chi connectivity index (χ1n) is 6.42. The molecule has 0 aliphatic heterocycles. The Morgan fingerprint density at radius 3 is 2.50 bits per heavy atom. The lowest BCUT2D eigenvalue weighted by molar-refractivity contribution is -0.120. The summed E-state index contributed by atoms with van der Waals surface area (Å²) in [4.78, 5) is 23.0. The van der Waals surface area contributed by atoms with Gasteiger partial charge in [-0.05, 0) is 30.7 Å². The van der Waals surface area contributed by atoms with E-state index in [0.29, 0.717) is 18.7 Å². The third-order valence-electron chi connectivity index (χ3n) is 2.67. The van der Waals surface area contributed by atoms with E-state index in [-0.39, 0.29) is 23.1 Å². The Kier molecular flexibility index (Phi) is 7.08. The van der Waals surface area contributed by atoms with E-state index in [0.717, 1.165) is 5.75 Å². The quantitative estimate of drug-likeness (QED) is 0.747. The Morgan fingerprint density at radius 1 is 1.30 bits per heavy atom. The number of anilines is 1. The molecule has 110 valence electrons. The van der Waals surface area contributed by atoms with E-state index in [1.54, 1.807) is 31.4 Å². The van der Waals surface area contributed by atoms with Crippen LogP contribution >= 0.6 is 15.9 Å². The molecule has 20 heavy (non-hydrogen) atoms. The van der Waals surface area contributed by atoms with Gasteiger partial charge in [-0.1, -0.05) is 22.9 Å². The van der Waals surface area contributed by atoms with Crippen molar-refractivity contribution in [2.24, 2.45) is 0 Å². The molecule has 0 aromatic heterocycles. The van der Waals surface area contributed by atoms with Gasteiger partial charge in [0, 0.05) is 18.7 Å². The molecule has 0 heterocycles. The maximum absolute atomic E-state index is 11.7. The molecule has 2 amide bonds. The topological polar surface area (TPSA) is 67.4 Å². The molecule has 1 aromatic rings. The van der Waals surface area contributed by atoms with Crippen molar-refractivity contribution in [1.29, 1.82) is 0 Å². The molecular formula is C14H19BrN2O3. The highest BCUT2D eigenvalue weighted by atomic mass is 79.9. The van der Waals surface area contributed by atoms with Crippen LogP contribution < -0.4 is 15.4 Å². The summed E-state index contributed by atoms with van der Waals surface area (Å²) in [6.45, 7) is 2.23.